The van der Waals surface area contributed by atoms with Crippen molar-refractivity contribution in [3.8, 4) is 0 Å². The first-order chi connectivity index (χ1) is 28.9. The minimum atomic E-state index is -1.53. The van der Waals surface area contributed by atoms with E-state index < -0.39 is 43.4 Å². The molecule has 1 fully saturated rings. The summed E-state index contributed by atoms with van der Waals surface area (Å²) in [6.07, 6.45) is 44.4. The predicted molar refractivity (Wildman–Crippen MR) is 242 cm³/mol. The average Bonchev–Trinajstić information content (AvgIpc) is 3.24. The highest BCUT2D eigenvalue weighted by Gasteiger charge is 2.44. The predicted octanol–water partition coefficient (Wildman–Crippen LogP) is 11.3. The number of aliphatic hydroxyl groups is 4. The second kappa shape index (κ2) is 41.5. The molecule has 9 heteroatoms. The van der Waals surface area contributed by atoms with E-state index in [1.807, 2.05) is 0 Å². The Morgan fingerprint density at radius 3 is 1.56 bits per heavy atom. The number of hydrogen-bond acceptors (Lipinski definition) is 9. The van der Waals surface area contributed by atoms with E-state index in [0.29, 0.717) is 13.0 Å². The van der Waals surface area contributed by atoms with Gasteiger partial charge in [0.15, 0.2) is 6.29 Å². The number of unbranched alkanes of at least 4 members (excludes halogenated alkanes) is 22. The molecule has 0 amide bonds. The number of esters is 1. The van der Waals surface area contributed by atoms with Crippen molar-refractivity contribution in [2.24, 2.45) is 0 Å². The summed E-state index contributed by atoms with van der Waals surface area (Å²) in [6, 6.07) is 0. The topological polar surface area (TPSA) is 135 Å². The summed E-state index contributed by atoms with van der Waals surface area (Å²) in [4.78, 5) is 12.7. The van der Waals surface area contributed by atoms with Gasteiger partial charge in [-0.05, 0) is 51.4 Å². The van der Waals surface area contributed by atoms with Gasteiger partial charge in [0.2, 0.25) is 0 Å². The fourth-order valence-corrected chi connectivity index (χ4v) is 7.25. The Morgan fingerprint density at radius 1 is 0.559 bits per heavy atom. The fourth-order valence-electron chi connectivity index (χ4n) is 7.25. The van der Waals surface area contributed by atoms with Crippen molar-refractivity contribution in [1.29, 1.82) is 0 Å². The van der Waals surface area contributed by atoms with Crippen molar-refractivity contribution in [3.63, 3.8) is 0 Å². The molecule has 1 aliphatic heterocycles. The summed E-state index contributed by atoms with van der Waals surface area (Å²) in [5.41, 5.74) is 0. The molecule has 0 saturated carbocycles. The Balaban J connectivity index is 2.14. The molecule has 0 spiro atoms. The van der Waals surface area contributed by atoms with E-state index in [-0.39, 0.29) is 19.2 Å². The first kappa shape index (κ1) is 55.2. The third kappa shape index (κ3) is 32.5. The van der Waals surface area contributed by atoms with Crippen LogP contribution >= 0.6 is 0 Å². The zero-order valence-electron chi connectivity index (χ0n) is 37.7. The van der Waals surface area contributed by atoms with Crippen LogP contribution < -0.4 is 0 Å². The maximum absolute atomic E-state index is 12.7. The molecule has 1 saturated heterocycles. The van der Waals surface area contributed by atoms with Crippen molar-refractivity contribution in [1.82, 2.24) is 0 Å². The second-order valence-electron chi connectivity index (χ2n) is 16.5. The lowest BCUT2D eigenvalue weighted by atomic mass is 9.99. The molecule has 344 valence electrons. The van der Waals surface area contributed by atoms with E-state index in [9.17, 15) is 25.2 Å². The smallest absolute Gasteiger partial charge is 0.306 e. The number of carbonyl (C=O) groups excluding carboxylic acids is 1. The molecule has 0 aromatic heterocycles. The molecule has 6 unspecified atom stereocenters. The molecule has 6 atom stereocenters. The molecular weight excluding hydrogens is 745 g/mol. The molecule has 0 aliphatic carbocycles. The largest absolute Gasteiger partial charge is 0.457 e. The number of hydrogen-bond donors (Lipinski definition) is 4. The highest BCUT2D eigenvalue weighted by Crippen LogP contribution is 2.23. The second-order valence-corrected chi connectivity index (χ2v) is 16.5. The minimum Gasteiger partial charge on any atom is -0.457 e. The number of carbonyl (C=O) groups is 1. The molecule has 0 aromatic rings. The van der Waals surface area contributed by atoms with Gasteiger partial charge in [-0.1, -0.05) is 191 Å². The van der Waals surface area contributed by atoms with Crippen LogP contribution in [0.4, 0.5) is 0 Å². The van der Waals surface area contributed by atoms with Gasteiger partial charge in [0, 0.05) is 13.0 Å². The molecular formula is C50H90O9. The number of aliphatic hydroxyl groups excluding tert-OH is 4. The van der Waals surface area contributed by atoms with Crippen LogP contribution in [0.3, 0.4) is 0 Å². The van der Waals surface area contributed by atoms with Crippen molar-refractivity contribution in [2.45, 2.75) is 237 Å². The summed E-state index contributed by atoms with van der Waals surface area (Å²) < 4.78 is 22.8. The number of ether oxygens (including phenoxy) is 4. The van der Waals surface area contributed by atoms with Crippen LogP contribution in [0.25, 0.3) is 0 Å². The van der Waals surface area contributed by atoms with Crippen LogP contribution in [0.15, 0.2) is 48.6 Å². The van der Waals surface area contributed by atoms with E-state index in [2.05, 4.69) is 62.5 Å². The van der Waals surface area contributed by atoms with Gasteiger partial charge in [-0.25, -0.2) is 0 Å². The number of rotatable bonds is 41. The molecule has 0 radical (unpaired) electrons. The van der Waals surface area contributed by atoms with E-state index in [1.54, 1.807) is 0 Å². The van der Waals surface area contributed by atoms with Gasteiger partial charge in [-0.2, -0.15) is 0 Å². The highest BCUT2D eigenvalue weighted by molar-refractivity contribution is 5.69. The molecule has 0 bridgehead atoms. The van der Waals surface area contributed by atoms with E-state index in [1.165, 1.54) is 122 Å². The molecule has 1 heterocycles. The van der Waals surface area contributed by atoms with Gasteiger partial charge < -0.3 is 39.4 Å². The van der Waals surface area contributed by atoms with E-state index in [4.69, 9.17) is 18.9 Å². The van der Waals surface area contributed by atoms with E-state index in [0.717, 1.165) is 57.8 Å². The highest BCUT2D eigenvalue weighted by atomic mass is 16.7. The van der Waals surface area contributed by atoms with Crippen LogP contribution in [0, 0.1) is 0 Å². The van der Waals surface area contributed by atoms with Gasteiger partial charge in [-0.15, -0.1) is 0 Å². The lowest BCUT2D eigenvalue weighted by Crippen LogP contribution is -2.59. The Labute approximate surface area is 361 Å². The van der Waals surface area contributed by atoms with Gasteiger partial charge in [0.25, 0.3) is 0 Å². The molecule has 59 heavy (non-hydrogen) atoms. The Hall–Kier alpha value is -1.85. The summed E-state index contributed by atoms with van der Waals surface area (Å²) in [7, 11) is 0. The van der Waals surface area contributed by atoms with Crippen molar-refractivity contribution in [2.75, 3.05) is 26.4 Å². The molecule has 1 rings (SSSR count). The van der Waals surface area contributed by atoms with Crippen LogP contribution in [0.5, 0.6) is 0 Å². The summed E-state index contributed by atoms with van der Waals surface area (Å²) in [5, 5.41) is 40.1. The quantitative estimate of drug-likeness (QED) is 0.0270. The van der Waals surface area contributed by atoms with E-state index >= 15 is 0 Å². The lowest BCUT2D eigenvalue weighted by molar-refractivity contribution is -0.305. The maximum atomic E-state index is 12.7. The van der Waals surface area contributed by atoms with Crippen molar-refractivity contribution in [3.05, 3.63) is 48.6 Å². The zero-order valence-corrected chi connectivity index (χ0v) is 37.7. The van der Waals surface area contributed by atoms with Crippen LogP contribution in [-0.4, -0.2) is 89.6 Å². The SMILES string of the molecule is CC/C=C\C/C=C\C/C=C\C/C=C\CCCCCCCCCCCCCCCOCC(COC1OC(CO)C(O)C(O)C1O)OC(=O)CCCCCCCCCCCC. The summed E-state index contributed by atoms with van der Waals surface area (Å²) in [5.74, 6) is -0.316. The third-order valence-corrected chi connectivity index (χ3v) is 11.0. The van der Waals surface area contributed by atoms with Gasteiger partial charge >= 0.3 is 5.97 Å². The van der Waals surface area contributed by atoms with Crippen molar-refractivity contribution < 1.29 is 44.2 Å². The normalized spacial score (nSPS) is 20.5. The molecule has 4 N–H and O–H groups in total. The minimum absolute atomic E-state index is 0.112. The monoisotopic (exact) mass is 835 g/mol. The first-order valence-electron chi connectivity index (χ1n) is 24.2. The maximum Gasteiger partial charge on any atom is 0.306 e. The zero-order chi connectivity index (χ0) is 42.9. The molecule has 1 aliphatic rings. The van der Waals surface area contributed by atoms with Crippen LogP contribution in [0.2, 0.25) is 0 Å². The molecule has 9 nitrogen and oxygen atoms in total. The van der Waals surface area contributed by atoms with Gasteiger partial charge in [0.1, 0.15) is 30.5 Å². The Kier molecular flexibility index (Phi) is 38.8. The lowest BCUT2D eigenvalue weighted by Gasteiger charge is -2.39. The average molecular weight is 835 g/mol. The van der Waals surface area contributed by atoms with Gasteiger partial charge in [-0.3, -0.25) is 4.79 Å². The third-order valence-electron chi connectivity index (χ3n) is 11.0. The Morgan fingerprint density at radius 2 is 1.03 bits per heavy atom. The first-order valence-corrected chi connectivity index (χ1v) is 24.2. The fraction of sp³-hybridized carbons (Fsp3) is 0.820. The van der Waals surface area contributed by atoms with Crippen molar-refractivity contribution >= 4 is 5.97 Å². The Bertz CT molecular complexity index is 1040. The summed E-state index contributed by atoms with van der Waals surface area (Å²) >= 11 is 0. The number of allylic oxidation sites excluding steroid dienone is 8. The van der Waals surface area contributed by atoms with Crippen LogP contribution in [-0.2, 0) is 23.7 Å². The van der Waals surface area contributed by atoms with Gasteiger partial charge in [0.05, 0.1) is 19.8 Å². The van der Waals surface area contributed by atoms with Crippen LogP contribution in [0.1, 0.15) is 200 Å². The molecule has 0 aromatic carbocycles. The summed E-state index contributed by atoms with van der Waals surface area (Å²) in [6.45, 7) is 4.44. The standard InChI is InChI=1S/C50H90O9/c1-3-5-7-9-11-13-15-16-17-18-19-20-21-22-23-24-25-26-27-28-29-30-32-34-36-38-40-56-42-44(43-57-50-49(55)48(54)47(53)45(41-51)59-50)58-46(52)39-37-35-33-31-14-12-10-8-6-4-2/h5,7,11,13,16-17,19-20,44-45,47-51,53-55H,3-4,6,8-10,12,14-15,18,21-43H2,1-2H3/b7-5-,13-11-,17-16-,20-19-.